The second kappa shape index (κ2) is 10.0. The molecule has 0 unspecified atom stereocenters. The van der Waals surface area contributed by atoms with E-state index in [1.54, 1.807) is 10.9 Å². The van der Waals surface area contributed by atoms with Gasteiger partial charge in [0, 0.05) is 24.5 Å². The van der Waals surface area contributed by atoms with E-state index >= 15 is 0 Å². The van der Waals surface area contributed by atoms with Gasteiger partial charge < -0.3 is 25.0 Å². The van der Waals surface area contributed by atoms with Crippen molar-refractivity contribution in [1.29, 1.82) is 0 Å². The first-order valence-electron chi connectivity index (χ1n) is 7.60. The van der Waals surface area contributed by atoms with Crippen LogP contribution in [0.4, 0.5) is 0 Å². The topological polar surface area (TPSA) is 162 Å². The Hall–Kier alpha value is -3.12. The standard InChI is InChI=1S/C14H18N6O6/c21-12(8-26-9-13(22)23)15-1-3-25-4-2-20-7-11(18-19-20)10-5-16-14(24)17-6-10/h5-7H,1-4,8-9H2,(H,15,21)(H,22,23)(H,16,17,24). The van der Waals surface area contributed by atoms with Gasteiger partial charge in [-0.15, -0.1) is 5.10 Å². The van der Waals surface area contributed by atoms with E-state index in [0.29, 0.717) is 24.4 Å². The molecule has 0 fully saturated rings. The molecule has 0 atom stereocenters. The molecule has 26 heavy (non-hydrogen) atoms. The number of nitrogens with one attached hydrogen (secondary N) is 1. The van der Waals surface area contributed by atoms with Crippen LogP contribution in [0.15, 0.2) is 18.6 Å². The van der Waals surface area contributed by atoms with E-state index in [0.717, 1.165) is 0 Å². The average molecular weight is 366 g/mol. The zero-order valence-electron chi connectivity index (χ0n) is 13.7. The fourth-order valence-corrected chi connectivity index (χ4v) is 1.80. The zero-order valence-corrected chi connectivity index (χ0v) is 13.7. The monoisotopic (exact) mass is 366 g/mol. The van der Waals surface area contributed by atoms with Gasteiger partial charge in [-0.05, 0) is 0 Å². The summed E-state index contributed by atoms with van der Waals surface area (Å²) in [5.41, 5.74) is 1.20. The molecule has 0 bridgehead atoms. The molecule has 0 spiro atoms. The Balaban J connectivity index is 1.58. The van der Waals surface area contributed by atoms with Gasteiger partial charge >= 0.3 is 12.0 Å². The summed E-state index contributed by atoms with van der Waals surface area (Å²) < 4.78 is 11.6. The van der Waals surface area contributed by atoms with Crippen molar-refractivity contribution in [2.24, 2.45) is 0 Å². The van der Waals surface area contributed by atoms with Gasteiger partial charge in [0.2, 0.25) is 5.91 Å². The fraction of sp³-hybridized carbons (Fsp3) is 0.429. The molecule has 0 radical (unpaired) electrons. The van der Waals surface area contributed by atoms with Crippen LogP contribution in [0.1, 0.15) is 0 Å². The highest BCUT2D eigenvalue weighted by Crippen LogP contribution is 2.14. The number of rotatable bonds is 11. The van der Waals surface area contributed by atoms with Crippen molar-refractivity contribution in [1.82, 2.24) is 30.3 Å². The number of carbonyl (C=O) groups excluding carboxylic acids is 1. The van der Waals surface area contributed by atoms with E-state index in [2.05, 4.69) is 30.3 Å². The number of ether oxygens (including phenoxy) is 2. The second-order valence-corrected chi connectivity index (χ2v) is 4.99. The van der Waals surface area contributed by atoms with Crippen molar-refractivity contribution >= 4 is 11.9 Å². The maximum Gasteiger partial charge on any atom is 0.329 e. The van der Waals surface area contributed by atoms with E-state index in [-0.39, 0.29) is 25.8 Å². The Bertz CT molecular complexity index is 719. The lowest BCUT2D eigenvalue weighted by Gasteiger charge is -2.06. The van der Waals surface area contributed by atoms with Gasteiger partial charge in [0.1, 0.15) is 18.9 Å². The van der Waals surface area contributed by atoms with E-state index in [9.17, 15) is 9.59 Å². The molecule has 12 nitrogen and oxygen atoms in total. The van der Waals surface area contributed by atoms with Gasteiger partial charge in [0.05, 0.1) is 26.0 Å². The Kier molecular flexibility index (Phi) is 7.39. The Morgan fingerprint density at radius 2 is 1.92 bits per heavy atom. The van der Waals surface area contributed by atoms with Crippen molar-refractivity contribution in [2.45, 2.75) is 6.54 Å². The van der Waals surface area contributed by atoms with Gasteiger partial charge in [-0.1, -0.05) is 5.21 Å². The van der Waals surface area contributed by atoms with Crippen LogP contribution in [0, 0.1) is 0 Å². The smallest absolute Gasteiger partial charge is 0.329 e. The number of carboxylic acids is 1. The van der Waals surface area contributed by atoms with Crippen LogP contribution in [0.5, 0.6) is 6.01 Å². The molecule has 0 saturated carbocycles. The maximum absolute atomic E-state index is 11.3. The molecule has 12 heteroatoms. The molecule has 1 amide bonds. The average Bonchev–Trinajstić information content (AvgIpc) is 3.07. The third kappa shape index (κ3) is 6.78. The normalized spacial score (nSPS) is 10.6. The molecular formula is C14H18N6O6. The summed E-state index contributed by atoms with van der Waals surface area (Å²) in [7, 11) is 0. The predicted molar refractivity (Wildman–Crippen MR) is 85.0 cm³/mol. The second-order valence-electron chi connectivity index (χ2n) is 4.99. The number of carbonyl (C=O) groups is 2. The number of aliphatic carboxylic acids is 1. The lowest BCUT2D eigenvalue weighted by Crippen LogP contribution is -2.31. The Morgan fingerprint density at radius 1 is 1.15 bits per heavy atom. The molecule has 2 aromatic rings. The van der Waals surface area contributed by atoms with Crippen molar-refractivity contribution in [2.75, 3.05) is 33.0 Å². The molecule has 140 valence electrons. The summed E-state index contributed by atoms with van der Waals surface area (Å²) in [6.07, 6.45) is 4.58. The quantitative estimate of drug-likeness (QED) is 0.406. The van der Waals surface area contributed by atoms with E-state index < -0.39 is 18.5 Å². The van der Waals surface area contributed by atoms with Gasteiger partial charge in [-0.25, -0.2) is 19.4 Å². The van der Waals surface area contributed by atoms with Crippen LogP contribution in [-0.4, -0.2) is 80.0 Å². The lowest BCUT2D eigenvalue weighted by molar-refractivity contribution is -0.143. The molecule has 2 rings (SSSR count). The van der Waals surface area contributed by atoms with E-state index in [1.165, 1.54) is 12.4 Å². The van der Waals surface area contributed by atoms with Crippen LogP contribution in [0.3, 0.4) is 0 Å². The predicted octanol–water partition coefficient (Wildman–Crippen LogP) is -1.33. The van der Waals surface area contributed by atoms with Crippen molar-refractivity contribution in [3.8, 4) is 17.3 Å². The third-order valence-electron chi connectivity index (χ3n) is 2.96. The third-order valence-corrected chi connectivity index (χ3v) is 2.96. The first-order valence-corrected chi connectivity index (χ1v) is 7.60. The molecule has 0 saturated heterocycles. The van der Waals surface area contributed by atoms with Crippen LogP contribution in [-0.2, 0) is 25.6 Å². The first kappa shape index (κ1) is 19.2. The molecule has 0 aliphatic carbocycles. The zero-order chi connectivity index (χ0) is 18.8. The van der Waals surface area contributed by atoms with Crippen LogP contribution in [0.2, 0.25) is 0 Å². The molecule has 3 N–H and O–H groups in total. The number of carboxylic acid groups (broad SMARTS) is 1. The van der Waals surface area contributed by atoms with Gasteiger partial charge in [0.15, 0.2) is 0 Å². The summed E-state index contributed by atoms with van der Waals surface area (Å²) in [6.45, 7) is 0.567. The Morgan fingerprint density at radius 3 is 2.65 bits per heavy atom. The van der Waals surface area contributed by atoms with Crippen molar-refractivity contribution < 1.29 is 29.3 Å². The minimum Gasteiger partial charge on any atom is -0.480 e. The number of hydrogen-bond acceptors (Lipinski definition) is 9. The first-order chi connectivity index (χ1) is 12.5. The van der Waals surface area contributed by atoms with Crippen LogP contribution in [0.25, 0.3) is 11.3 Å². The SMILES string of the molecule is O=C(O)COCC(=O)NCCOCCn1cc(-c2cnc(O)nc2)nn1. The van der Waals surface area contributed by atoms with Crippen LogP contribution < -0.4 is 5.32 Å². The minimum atomic E-state index is -1.13. The summed E-state index contributed by atoms with van der Waals surface area (Å²) >= 11 is 0. The summed E-state index contributed by atoms with van der Waals surface area (Å²) in [4.78, 5) is 28.9. The number of nitrogens with zero attached hydrogens (tertiary/aromatic N) is 5. The number of aromatic hydroxyl groups is 1. The number of amides is 1. The molecule has 0 aliphatic heterocycles. The summed E-state index contributed by atoms with van der Waals surface area (Å²) in [5.74, 6) is -1.54. The molecular weight excluding hydrogens is 348 g/mol. The molecule has 0 aromatic carbocycles. The maximum atomic E-state index is 11.3. The number of aromatic nitrogens is 5. The van der Waals surface area contributed by atoms with Gasteiger partial charge in [-0.3, -0.25) is 4.79 Å². The van der Waals surface area contributed by atoms with Crippen molar-refractivity contribution in [3.05, 3.63) is 18.6 Å². The van der Waals surface area contributed by atoms with E-state index in [4.69, 9.17) is 14.9 Å². The Labute approximate surface area is 147 Å². The minimum absolute atomic E-state index is 0.280. The van der Waals surface area contributed by atoms with Crippen LogP contribution >= 0.6 is 0 Å². The van der Waals surface area contributed by atoms with Gasteiger partial charge in [-0.2, -0.15) is 0 Å². The highest BCUT2D eigenvalue weighted by atomic mass is 16.5. The largest absolute Gasteiger partial charge is 0.480 e. The van der Waals surface area contributed by atoms with Crippen molar-refractivity contribution in [3.63, 3.8) is 0 Å². The fourth-order valence-electron chi connectivity index (χ4n) is 1.80. The highest BCUT2D eigenvalue weighted by molar-refractivity contribution is 5.77. The summed E-state index contributed by atoms with van der Waals surface area (Å²) in [5, 5.41) is 27.9. The lowest BCUT2D eigenvalue weighted by atomic mass is 10.3. The molecule has 0 aliphatic rings. The highest BCUT2D eigenvalue weighted by Gasteiger charge is 2.06. The molecule has 2 aromatic heterocycles. The summed E-state index contributed by atoms with van der Waals surface area (Å²) in [6, 6.07) is -0.310. The molecule has 2 heterocycles. The van der Waals surface area contributed by atoms with E-state index in [1.807, 2.05) is 0 Å². The van der Waals surface area contributed by atoms with Gasteiger partial charge in [0.25, 0.3) is 0 Å². The number of hydrogen-bond donors (Lipinski definition) is 3.